The van der Waals surface area contributed by atoms with Crippen molar-refractivity contribution in [1.82, 2.24) is 0 Å². The summed E-state index contributed by atoms with van der Waals surface area (Å²) in [6.07, 6.45) is 0.946. The highest BCUT2D eigenvalue weighted by molar-refractivity contribution is 6.17. The Morgan fingerprint density at radius 2 is 2.33 bits per heavy atom. The first-order chi connectivity index (χ1) is 2.77. The molecule has 0 aliphatic rings. The molecule has 0 aliphatic heterocycles. The van der Waals surface area contributed by atoms with E-state index in [9.17, 15) is 0 Å². The summed E-state index contributed by atoms with van der Waals surface area (Å²) < 4.78 is 0. The van der Waals surface area contributed by atoms with Crippen molar-refractivity contribution in [2.75, 3.05) is 5.88 Å². The van der Waals surface area contributed by atoms with Gasteiger partial charge in [0.15, 0.2) is 0 Å². The summed E-state index contributed by atoms with van der Waals surface area (Å²) in [4.78, 5) is 0. The lowest BCUT2D eigenvalue weighted by atomic mass is 10.3. The van der Waals surface area contributed by atoms with E-state index in [4.69, 9.17) is 11.6 Å². The lowest BCUT2D eigenvalue weighted by Crippen LogP contribution is -1.71. The number of hydrogen-bond donors (Lipinski definition) is 0. The maximum atomic E-state index is 5.34. The van der Waals surface area contributed by atoms with E-state index in [1.54, 1.807) is 0 Å². The molecule has 0 aliphatic carbocycles. The van der Waals surface area contributed by atoms with Crippen LogP contribution in [-0.4, -0.2) is 5.88 Å². The van der Waals surface area contributed by atoms with Crippen molar-refractivity contribution >= 4 is 11.6 Å². The van der Waals surface area contributed by atoms with Crippen molar-refractivity contribution in [2.45, 2.75) is 13.3 Å². The van der Waals surface area contributed by atoms with Crippen LogP contribution in [0.5, 0.6) is 0 Å². The molecule has 0 fully saturated rings. The Labute approximate surface area is 43.8 Å². The van der Waals surface area contributed by atoms with Gasteiger partial charge < -0.3 is 0 Å². The van der Waals surface area contributed by atoms with Crippen LogP contribution in [0, 0.1) is 0 Å². The lowest BCUT2D eigenvalue weighted by molar-refractivity contribution is 1.12. The Kier molecular flexibility index (Phi) is 3.24. The molecule has 6 heavy (non-hydrogen) atoms. The summed E-state index contributed by atoms with van der Waals surface area (Å²) in [7, 11) is 0. The van der Waals surface area contributed by atoms with Crippen molar-refractivity contribution in [3.05, 3.63) is 12.2 Å². The van der Waals surface area contributed by atoms with Crippen LogP contribution in [0.4, 0.5) is 0 Å². The van der Waals surface area contributed by atoms with Crippen molar-refractivity contribution < 1.29 is 0 Å². The number of allylic oxidation sites excluding steroid dienone is 1. The zero-order valence-electron chi connectivity index (χ0n) is 4.00. The summed E-state index contributed by atoms with van der Waals surface area (Å²) in [6, 6.07) is 0. The molecule has 0 unspecified atom stereocenters. The second-order valence-corrected chi connectivity index (χ2v) is 1.77. The van der Waals surface area contributed by atoms with Crippen LogP contribution >= 0.6 is 11.6 Å². The molecular weight excluding hydrogens is 95.5 g/mol. The zero-order valence-corrected chi connectivity index (χ0v) is 4.76. The van der Waals surface area contributed by atoms with Gasteiger partial charge in [-0.25, -0.2) is 0 Å². The molecule has 0 spiro atoms. The fourth-order valence-corrected chi connectivity index (χ4v) is 0.484. The average molecular weight is 105 g/mol. The van der Waals surface area contributed by atoms with Gasteiger partial charge in [0.05, 0.1) is 0 Å². The van der Waals surface area contributed by atoms with Crippen LogP contribution < -0.4 is 0 Å². The van der Waals surface area contributed by atoms with E-state index in [1.165, 1.54) is 0 Å². The van der Waals surface area contributed by atoms with Gasteiger partial charge in [-0.1, -0.05) is 5.57 Å². The quantitative estimate of drug-likeness (QED) is 0.372. The minimum atomic E-state index is 0.704. The maximum absolute atomic E-state index is 5.34. The van der Waals surface area contributed by atoms with Gasteiger partial charge >= 0.3 is 0 Å². The number of rotatable bonds is 2. The molecule has 0 bridgehead atoms. The minimum absolute atomic E-state index is 0.704. The van der Waals surface area contributed by atoms with Crippen LogP contribution in [0.15, 0.2) is 12.2 Å². The van der Waals surface area contributed by atoms with Gasteiger partial charge in [-0.2, -0.15) is 0 Å². The number of alkyl halides is 1. The van der Waals surface area contributed by atoms with E-state index in [0.717, 1.165) is 12.0 Å². The molecule has 0 saturated carbocycles. The molecule has 0 N–H and O–H groups in total. The van der Waals surface area contributed by atoms with Crippen LogP contribution in [0.25, 0.3) is 0 Å². The van der Waals surface area contributed by atoms with Crippen molar-refractivity contribution in [1.29, 1.82) is 0 Å². The van der Waals surface area contributed by atoms with E-state index in [1.807, 2.05) is 6.92 Å². The summed E-state index contributed by atoms with van der Waals surface area (Å²) in [5.41, 5.74) is 1.16. The minimum Gasteiger partial charge on any atom is -0.126 e. The molecular formula is C5H9Cl. The standard InChI is InChI=1S/C5H9Cl/c1-5(2)3-4-6/h1,3-4H2,2H3. The van der Waals surface area contributed by atoms with Gasteiger partial charge in [0.25, 0.3) is 0 Å². The largest absolute Gasteiger partial charge is 0.126 e. The predicted octanol–water partition coefficient (Wildman–Crippen LogP) is 2.19. The van der Waals surface area contributed by atoms with Gasteiger partial charge in [-0.15, -0.1) is 18.2 Å². The fourth-order valence-electron chi connectivity index (χ4n) is 0.161. The van der Waals surface area contributed by atoms with Crippen LogP contribution in [0.3, 0.4) is 0 Å². The first kappa shape index (κ1) is 6.03. The predicted molar refractivity (Wildman–Crippen MR) is 30.2 cm³/mol. The molecule has 0 aromatic heterocycles. The Hall–Kier alpha value is 0.0300. The third-order valence-corrected chi connectivity index (χ3v) is 0.710. The Morgan fingerprint density at radius 3 is 2.33 bits per heavy atom. The highest BCUT2D eigenvalue weighted by atomic mass is 35.5. The second-order valence-electron chi connectivity index (χ2n) is 1.40. The lowest BCUT2D eigenvalue weighted by Gasteiger charge is -1.85. The first-order valence-corrected chi connectivity index (χ1v) is 2.51. The second kappa shape index (κ2) is 3.23. The van der Waals surface area contributed by atoms with Crippen molar-refractivity contribution in [2.24, 2.45) is 0 Å². The third kappa shape index (κ3) is 4.03. The summed E-state index contributed by atoms with van der Waals surface area (Å²) in [5, 5.41) is 0. The van der Waals surface area contributed by atoms with Crippen LogP contribution in [0.1, 0.15) is 13.3 Å². The average Bonchev–Trinajstić information content (AvgIpc) is 1.35. The van der Waals surface area contributed by atoms with Gasteiger partial charge in [-0.05, 0) is 13.3 Å². The first-order valence-electron chi connectivity index (χ1n) is 1.97. The van der Waals surface area contributed by atoms with E-state index >= 15 is 0 Å². The molecule has 0 amide bonds. The molecule has 0 saturated heterocycles. The molecule has 0 aromatic rings. The fraction of sp³-hybridized carbons (Fsp3) is 0.600. The molecule has 0 aromatic carbocycles. The third-order valence-electron chi connectivity index (χ3n) is 0.521. The molecule has 0 nitrogen and oxygen atoms in total. The van der Waals surface area contributed by atoms with Crippen molar-refractivity contribution in [3.63, 3.8) is 0 Å². The van der Waals surface area contributed by atoms with E-state index < -0.39 is 0 Å². The van der Waals surface area contributed by atoms with Crippen LogP contribution in [-0.2, 0) is 0 Å². The van der Waals surface area contributed by atoms with E-state index in [0.29, 0.717) is 5.88 Å². The molecule has 0 atom stereocenters. The monoisotopic (exact) mass is 104 g/mol. The number of halogens is 1. The molecule has 0 rings (SSSR count). The zero-order chi connectivity index (χ0) is 4.99. The molecule has 36 valence electrons. The smallest absolute Gasteiger partial charge is 0.0260 e. The van der Waals surface area contributed by atoms with Crippen molar-refractivity contribution in [3.8, 4) is 0 Å². The number of hydrogen-bond acceptors (Lipinski definition) is 0. The summed E-state index contributed by atoms with van der Waals surface area (Å²) in [6.45, 7) is 5.64. The van der Waals surface area contributed by atoms with E-state index in [2.05, 4.69) is 6.58 Å². The summed E-state index contributed by atoms with van der Waals surface area (Å²) >= 11 is 5.34. The Morgan fingerprint density at radius 1 is 1.83 bits per heavy atom. The highest BCUT2D eigenvalue weighted by Gasteiger charge is 1.77. The normalized spacial score (nSPS) is 8.33. The van der Waals surface area contributed by atoms with Gasteiger partial charge in [0, 0.05) is 5.88 Å². The Bertz CT molecular complexity index is 47.9. The maximum Gasteiger partial charge on any atom is 0.0260 e. The topological polar surface area (TPSA) is 0 Å². The SMILES string of the molecule is C=C(C)CCCl. The molecule has 0 heterocycles. The summed E-state index contributed by atoms with van der Waals surface area (Å²) in [5.74, 6) is 0.704. The Balaban J connectivity index is 2.83. The van der Waals surface area contributed by atoms with Gasteiger partial charge in [0.2, 0.25) is 0 Å². The molecule has 1 heteroatoms. The highest BCUT2D eigenvalue weighted by Crippen LogP contribution is 1.94. The van der Waals surface area contributed by atoms with Crippen LogP contribution in [0.2, 0.25) is 0 Å². The van der Waals surface area contributed by atoms with Gasteiger partial charge in [0.1, 0.15) is 0 Å². The van der Waals surface area contributed by atoms with E-state index in [-0.39, 0.29) is 0 Å². The van der Waals surface area contributed by atoms with Gasteiger partial charge in [-0.3, -0.25) is 0 Å². The molecule has 0 radical (unpaired) electrons.